The predicted octanol–water partition coefficient (Wildman–Crippen LogP) is 0.613. The van der Waals surface area contributed by atoms with Crippen LogP contribution in [-0.4, -0.2) is 43.9 Å². The average molecular weight is 305 g/mol. The highest BCUT2D eigenvalue weighted by atomic mass is 16.5. The van der Waals surface area contributed by atoms with E-state index in [9.17, 15) is 5.11 Å². The average Bonchev–Trinajstić information content (AvgIpc) is 3.21. The molecule has 7 heteroatoms. The molecule has 0 spiro atoms. The molecule has 1 fully saturated rings. The number of hydrogen-bond donors (Lipinski definition) is 2. The molecule has 0 radical (unpaired) electrons. The second kappa shape index (κ2) is 7.04. The Morgan fingerprint density at radius 1 is 1.36 bits per heavy atom. The second-order valence-electron chi connectivity index (χ2n) is 5.86. The van der Waals surface area contributed by atoms with E-state index in [-0.39, 0.29) is 12.1 Å². The Morgan fingerprint density at radius 2 is 2.27 bits per heavy atom. The molecule has 120 valence electrons. The van der Waals surface area contributed by atoms with E-state index in [2.05, 4.69) is 15.5 Å². The molecule has 3 atom stereocenters. The number of nitrogens with one attached hydrogen (secondary N) is 1. The molecule has 1 unspecified atom stereocenters. The van der Waals surface area contributed by atoms with Gasteiger partial charge < -0.3 is 15.2 Å². The van der Waals surface area contributed by atoms with E-state index in [0.29, 0.717) is 19.2 Å². The molecule has 0 aromatic carbocycles. The summed E-state index contributed by atoms with van der Waals surface area (Å²) in [5.74, 6) is 0.455. The standard InChI is InChI=1S/C15H23N5O2/c1-22-11-20-13(3-5-18-20)9-16-14-7-12(8-15(14)21)10-19-6-2-4-17-19/h2-6,12,14-16,21H,7-11H2,1H3/t12?,14-,15-/m1/s1. The molecule has 2 heterocycles. The van der Waals surface area contributed by atoms with E-state index in [4.69, 9.17) is 4.74 Å². The number of methoxy groups -OCH3 is 1. The van der Waals surface area contributed by atoms with Gasteiger partial charge in [-0.15, -0.1) is 0 Å². The summed E-state index contributed by atoms with van der Waals surface area (Å²) >= 11 is 0. The molecule has 3 rings (SSSR count). The van der Waals surface area contributed by atoms with Crippen LogP contribution in [0.2, 0.25) is 0 Å². The van der Waals surface area contributed by atoms with Crippen molar-refractivity contribution in [3.05, 3.63) is 36.4 Å². The SMILES string of the molecule is COCn1nccc1CN[C@@H]1CC(Cn2cccn2)C[C@H]1O. The Balaban J connectivity index is 1.51. The first-order chi connectivity index (χ1) is 10.8. The molecule has 2 aromatic rings. The fourth-order valence-electron chi connectivity index (χ4n) is 3.14. The molecule has 1 aliphatic carbocycles. The first-order valence-corrected chi connectivity index (χ1v) is 7.64. The van der Waals surface area contributed by atoms with Gasteiger partial charge in [0.2, 0.25) is 0 Å². The molecule has 1 saturated carbocycles. The summed E-state index contributed by atoms with van der Waals surface area (Å²) in [7, 11) is 1.65. The van der Waals surface area contributed by atoms with Crippen molar-refractivity contribution in [1.82, 2.24) is 24.9 Å². The number of aliphatic hydroxyl groups excluding tert-OH is 1. The van der Waals surface area contributed by atoms with E-state index >= 15 is 0 Å². The van der Waals surface area contributed by atoms with Gasteiger partial charge in [-0.3, -0.25) is 4.68 Å². The molecule has 22 heavy (non-hydrogen) atoms. The zero-order valence-electron chi connectivity index (χ0n) is 12.8. The molecule has 0 saturated heterocycles. The molecule has 2 aromatic heterocycles. The van der Waals surface area contributed by atoms with Gasteiger partial charge in [0.05, 0.1) is 11.8 Å². The Bertz CT molecular complexity index is 568. The summed E-state index contributed by atoms with van der Waals surface area (Å²) in [5.41, 5.74) is 1.06. The van der Waals surface area contributed by atoms with Crippen molar-refractivity contribution in [3.63, 3.8) is 0 Å². The van der Waals surface area contributed by atoms with Gasteiger partial charge in [-0.05, 0) is 30.9 Å². The second-order valence-corrected chi connectivity index (χ2v) is 5.86. The van der Waals surface area contributed by atoms with Crippen LogP contribution >= 0.6 is 0 Å². The third-order valence-corrected chi connectivity index (χ3v) is 4.23. The largest absolute Gasteiger partial charge is 0.391 e. The summed E-state index contributed by atoms with van der Waals surface area (Å²) in [6.07, 6.45) is 6.99. The third-order valence-electron chi connectivity index (χ3n) is 4.23. The number of ether oxygens (including phenoxy) is 1. The lowest BCUT2D eigenvalue weighted by Gasteiger charge is -2.17. The number of aromatic nitrogens is 4. The number of hydrogen-bond acceptors (Lipinski definition) is 5. The van der Waals surface area contributed by atoms with Gasteiger partial charge in [0.1, 0.15) is 6.73 Å². The Morgan fingerprint density at radius 3 is 3.05 bits per heavy atom. The van der Waals surface area contributed by atoms with Gasteiger partial charge in [-0.2, -0.15) is 10.2 Å². The minimum atomic E-state index is -0.306. The third kappa shape index (κ3) is 3.55. The normalized spacial score (nSPS) is 24.9. The summed E-state index contributed by atoms with van der Waals surface area (Å²) in [4.78, 5) is 0. The summed E-state index contributed by atoms with van der Waals surface area (Å²) in [6, 6.07) is 4.01. The smallest absolute Gasteiger partial charge is 0.139 e. The van der Waals surface area contributed by atoms with Crippen LogP contribution in [0, 0.1) is 5.92 Å². The van der Waals surface area contributed by atoms with Gasteiger partial charge in [0, 0.05) is 44.8 Å². The van der Waals surface area contributed by atoms with E-state index < -0.39 is 0 Å². The van der Waals surface area contributed by atoms with Crippen LogP contribution in [-0.2, 0) is 24.6 Å². The molecule has 0 amide bonds. The molecule has 0 aliphatic heterocycles. The topological polar surface area (TPSA) is 77.1 Å². The molecular weight excluding hydrogens is 282 g/mol. The Kier molecular flexibility index (Phi) is 4.87. The highest BCUT2D eigenvalue weighted by Gasteiger charge is 2.32. The van der Waals surface area contributed by atoms with Crippen molar-refractivity contribution >= 4 is 0 Å². The van der Waals surface area contributed by atoms with Crippen LogP contribution in [0.1, 0.15) is 18.5 Å². The highest BCUT2D eigenvalue weighted by Crippen LogP contribution is 2.27. The number of nitrogens with zero attached hydrogens (tertiary/aromatic N) is 4. The van der Waals surface area contributed by atoms with Crippen LogP contribution in [0.3, 0.4) is 0 Å². The van der Waals surface area contributed by atoms with E-state index in [0.717, 1.165) is 25.1 Å². The van der Waals surface area contributed by atoms with Crippen LogP contribution in [0.25, 0.3) is 0 Å². The lowest BCUT2D eigenvalue weighted by molar-refractivity contribution is 0.116. The minimum absolute atomic E-state index is 0.117. The maximum Gasteiger partial charge on any atom is 0.139 e. The Labute approximate surface area is 129 Å². The maximum absolute atomic E-state index is 10.3. The van der Waals surface area contributed by atoms with Crippen molar-refractivity contribution in [2.45, 2.75) is 44.8 Å². The number of aliphatic hydroxyl groups is 1. The first-order valence-electron chi connectivity index (χ1n) is 7.64. The first kappa shape index (κ1) is 15.2. The zero-order valence-corrected chi connectivity index (χ0v) is 12.8. The van der Waals surface area contributed by atoms with Crippen LogP contribution in [0.4, 0.5) is 0 Å². The van der Waals surface area contributed by atoms with Crippen molar-refractivity contribution in [3.8, 4) is 0 Å². The Hall–Kier alpha value is -1.70. The molecular formula is C15H23N5O2. The van der Waals surface area contributed by atoms with Crippen molar-refractivity contribution < 1.29 is 9.84 Å². The summed E-state index contributed by atoms with van der Waals surface area (Å²) < 4.78 is 8.86. The van der Waals surface area contributed by atoms with Gasteiger partial charge in [0.25, 0.3) is 0 Å². The molecule has 2 N–H and O–H groups in total. The fourth-order valence-corrected chi connectivity index (χ4v) is 3.14. The van der Waals surface area contributed by atoms with Crippen molar-refractivity contribution in [2.75, 3.05) is 7.11 Å². The van der Waals surface area contributed by atoms with Crippen LogP contribution in [0.5, 0.6) is 0 Å². The lowest BCUT2D eigenvalue weighted by atomic mass is 10.1. The molecule has 0 bridgehead atoms. The fraction of sp³-hybridized carbons (Fsp3) is 0.600. The number of rotatable bonds is 7. The van der Waals surface area contributed by atoms with Gasteiger partial charge in [0.15, 0.2) is 0 Å². The quantitative estimate of drug-likeness (QED) is 0.784. The zero-order chi connectivity index (χ0) is 15.4. The van der Waals surface area contributed by atoms with Crippen molar-refractivity contribution in [1.29, 1.82) is 0 Å². The predicted molar refractivity (Wildman–Crippen MR) is 80.8 cm³/mol. The summed E-state index contributed by atoms with van der Waals surface area (Å²) in [5, 5.41) is 22.1. The van der Waals surface area contributed by atoms with Gasteiger partial charge in [-0.1, -0.05) is 0 Å². The van der Waals surface area contributed by atoms with E-state index in [1.165, 1.54) is 0 Å². The summed E-state index contributed by atoms with van der Waals surface area (Å²) in [6.45, 7) is 1.99. The monoisotopic (exact) mass is 305 g/mol. The van der Waals surface area contributed by atoms with Gasteiger partial charge >= 0.3 is 0 Å². The van der Waals surface area contributed by atoms with E-state index in [1.54, 1.807) is 19.5 Å². The highest BCUT2D eigenvalue weighted by molar-refractivity contribution is 5.01. The minimum Gasteiger partial charge on any atom is -0.391 e. The van der Waals surface area contributed by atoms with Crippen molar-refractivity contribution in [2.24, 2.45) is 5.92 Å². The van der Waals surface area contributed by atoms with Crippen LogP contribution < -0.4 is 5.32 Å². The van der Waals surface area contributed by atoms with Gasteiger partial charge in [-0.25, -0.2) is 4.68 Å². The molecule has 1 aliphatic rings. The maximum atomic E-state index is 10.3. The van der Waals surface area contributed by atoms with Crippen LogP contribution in [0.15, 0.2) is 30.7 Å². The van der Waals surface area contributed by atoms with E-state index in [1.807, 2.05) is 27.7 Å². The lowest BCUT2D eigenvalue weighted by Crippen LogP contribution is -2.35. The molecule has 7 nitrogen and oxygen atoms in total.